The molecule has 1 unspecified atom stereocenters. The molecule has 2 nitrogen and oxygen atoms in total. The smallest absolute Gasteiger partial charge is 0.00924 e. The lowest BCUT2D eigenvalue weighted by atomic mass is 9.84. The van der Waals surface area contributed by atoms with Gasteiger partial charge in [0.15, 0.2) is 0 Å². The third-order valence-electron chi connectivity index (χ3n) is 3.95. The van der Waals surface area contributed by atoms with Crippen LogP contribution in [0.4, 0.5) is 0 Å². The van der Waals surface area contributed by atoms with Gasteiger partial charge in [0.1, 0.15) is 0 Å². The fraction of sp³-hybridized carbons (Fsp3) is 1.00. The highest BCUT2D eigenvalue weighted by Gasteiger charge is 2.22. The van der Waals surface area contributed by atoms with E-state index < -0.39 is 0 Å². The molecule has 0 aromatic rings. The van der Waals surface area contributed by atoms with Crippen LogP contribution in [-0.4, -0.2) is 30.6 Å². The predicted molar refractivity (Wildman–Crippen MR) is 66.9 cm³/mol. The van der Waals surface area contributed by atoms with Crippen LogP contribution >= 0.6 is 0 Å². The maximum absolute atomic E-state index is 5.79. The van der Waals surface area contributed by atoms with Crippen LogP contribution in [0.25, 0.3) is 0 Å². The molecule has 1 saturated carbocycles. The second-order valence-corrected chi connectivity index (χ2v) is 5.33. The maximum Gasteiger partial charge on any atom is 0.00924 e. The van der Waals surface area contributed by atoms with Gasteiger partial charge in [0.2, 0.25) is 0 Å². The molecule has 1 aliphatic rings. The number of hydrogen-bond donors (Lipinski definition) is 1. The van der Waals surface area contributed by atoms with Gasteiger partial charge in [-0.25, -0.2) is 0 Å². The van der Waals surface area contributed by atoms with Gasteiger partial charge in [-0.3, -0.25) is 0 Å². The molecule has 1 fully saturated rings. The lowest BCUT2D eigenvalue weighted by molar-refractivity contribution is 0.160. The average molecular weight is 212 g/mol. The second kappa shape index (κ2) is 6.49. The van der Waals surface area contributed by atoms with Crippen molar-refractivity contribution in [3.63, 3.8) is 0 Å². The Morgan fingerprint density at radius 3 is 2.33 bits per heavy atom. The Kier molecular flexibility index (Phi) is 5.62. The molecule has 0 spiro atoms. The molecule has 0 bridgehead atoms. The van der Waals surface area contributed by atoms with E-state index >= 15 is 0 Å². The minimum absolute atomic E-state index is 0.347. The van der Waals surface area contributed by atoms with Gasteiger partial charge in [-0.15, -0.1) is 0 Å². The van der Waals surface area contributed by atoms with Crippen molar-refractivity contribution < 1.29 is 0 Å². The van der Waals surface area contributed by atoms with Gasteiger partial charge in [0.05, 0.1) is 0 Å². The highest BCUT2D eigenvalue weighted by Crippen LogP contribution is 2.28. The summed E-state index contributed by atoms with van der Waals surface area (Å²) in [6, 6.07) is 1.17. The van der Waals surface area contributed by atoms with Crippen molar-refractivity contribution in [3.05, 3.63) is 0 Å². The van der Waals surface area contributed by atoms with Crippen LogP contribution in [0.3, 0.4) is 0 Å². The zero-order valence-corrected chi connectivity index (χ0v) is 10.7. The van der Waals surface area contributed by atoms with Crippen LogP contribution < -0.4 is 5.73 Å². The third kappa shape index (κ3) is 4.52. The van der Waals surface area contributed by atoms with E-state index in [4.69, 9.17) is 5.73 Å². The van der Waals surface area contributed by atoms with Crippen LogP contribution in [0.1, 0.15) is 52.4 Å². The van der Waals surface area contributed by atoms with Gasteiger partial charge < -0.3 is 10.6 Å². The molecular weight excluding hydrogens is 184 g/mol. The first-order valence-corrected chi connectivity index (χ1v) is 6.59. The zero-order valence-electron chi connectivity index (χ0n) is 10.7. The standard InChI is InChI=1S/C13H28N2/c1-4-12-5-7-13(8-6-12)15(3)10-9-11(2)14/h11-13H,4-10,14H2,1-3H3. The van der Waals surface area contributed by atoms with E-state index in [0.717, 1.165) is 18.4 Å². The van der Waals surface area contributed by atoms with Crippen LogP contribution in [0.15, 0.2) is 0 Å². The van der Waals surface area contributed by atoms with Crippen LogP contribution in [-0.2, 0) is 0 Å². The van der Waals surface area contributed by atoms with Crippen LogP contribution in [0, 0.1) is 5.92 Å². The summed E-state index contributed by atoms with van der Waals surface area (Å²) in [5, 5.41) is 0. The molecule has 2 N–H and O–H groups in total. The number of nitrogens with two attached hydrogens (primary N) is 1. The Morgan fingerprint density at radius 1 is 1.27 bits per heavy atom. The first-order valence-electron chi connectivity index (χ1n) is 6.59. The summed E-state index contributed by atoms with van der Waals surface area (Å²) in [6.45, 7) is 5.59. The Hall–Kier alpha value is -0.0800. The molecular formula is C13H28N2. The van der Waals surface area contributed by atoms with E-state index in [0.29, 0.717) is 6.04 Å². The molecule has 2 heteroatoms. The topological polar surface area (TPSA) is 29.3 Å². The zero-order chi connectivity index (χ0) is 11.3. The Labute approximate surface area is 95.2 Å². The summed E-state index contributed by atoms with van der Waals surface area (Å²) >= 11 is 0. The summed E-state index contributed by atoms with van der Waals surface area (Å²) < 4.78 is 0. The SMILES string of the molecule is CCC1CCC(N(C)CCC(C)N)CC1. The normalized spacial score (nSPS) is 29.4. The first-order chi connectivity index (χ1) is 7.13. The van der Waals surface area contributed by atoms with Gasteiger partial charge in [-0.1, -0.05) is 13.3 Å². The molecule has 15 heavy (non-hydrogen) atoms. The Morgan fingerprint density at radius 2 is 1.87 bits per heavy atom. The molecule has 0 aliphatic heterocycles. The minimum Gasteiger partial charge on any atom is -0.328 e. The third-order valence-corrected chi connectivity index (χ3v) is 3.95. The number of rotatable bonds is 5. The minimum atomic E-state index is 0.347. The highest BCUT2D eigenvalue weighted by molar-refractivity contribution is 4.78. The quantitative estimate of drug-likeness (QED) is 0.759. The first kappa shape index (κ1) is 13.0. The van der Waals surface area contributed by atoms with Crippen molar-refractivity contribution in [2.24, 2.45) is 11.7 Å². The van der Waals surface area contributed by atoms with Crippen molar-refractivity contribution in [3.8, 4) is 0 Å². The van der Waals surface area contributed by atoms with Gasteiger partial charge in [-0.2, -0.15) is 0 Å². The van der Waals surface area contributed by atoms with E-state index in [1.165, 1.54) is 38.6 Å². The van der Waals surface area contributed by atoms with E-state index in [-0.39, 0.29) is 0 Å². The monoisotopic (exact) mass is 212 g/mol. The molecule has 1 aliphatic carbocycles. The van der Waals surface area contributed by atoms with E-state index in [2.05, 4.69) is 25.8 Å². The summed E-state index contributed by atoms with van der Waals surface area (Å²) in [6.07, 6.45) is 8.16. The summed E-state index contributed by atoms with van der Waals surface area (Å²) in [4.78, 5) is 2.52. The fourth-order valence-corrected chi connectivity index (χ4v) is 2.58. The molecule has 0 aromatic carbocycles. The van der Waals surface area contributed by atoms with Gasteiger partial charge in [0, 0.05) is 12.1 Å². The molecule has 0 saturated heterocycles. The van der Waals surface area contributed by atoms with Gasteiger partial charge >= 0.3 is 0 Å². The molecule has 1 rings (SSSR count). The summed E-state index contributed by atoms with van der Waals surface area (Å²) in [5.41, 5.74) is 5.79. The van der Waals surface area contributed by atoms with Crippen molar-refractivity contribution in [2.45, 2.75) is 64.5 Å². The lowest BCUT2D eigenvalue weighted by Gasteiger charge is -2.34. The fourth-order valence-electron chi connectivity index (χ4n) is 2.58. The van der Waals surface area contributed by atoms with E-state index in [9.17, 15) is 0 Å². The molecule has 1 atom stereocenters. The molecule has 0 radical (unpaired) electrons. The number of nitrogens with zero attached hydrogens (tertiary/aromatic N) is 1. The number of hydrogen-bond acceptors (Lipinski definition) is 2. The Bertz CT molecular complexity index is 160. The van der Waals surface area contributed by atoms with Crippen molar-refractivity contribution in [2.75, 3.05) is 13.6 Å². The van der Waals surface area contributed by atoms with E-state index in [1.807, 2.05) is 0 Å². The average Bonchev–Trinajstić information content (AvgIpc) is 2.26. The molecule has 90 valence electrons. The lowest BCUT2D eigenvalue weighted by Crippen LogP contribution is -2.37. The molecule has 0 amide bonds. The second-order valence-electron chi connectivity index (χ2n) is 5.33. The van der Waals surface area contributed by atoms with Gasteiger partial charge in [0.25, 0.3) is 0 Å². The predicted octanol–water partition coefficient (Wildman–Crippen LogP) is 2.62. The maximum atomic E-state index is 5.79. The van der Waals surface area contributed by atoms with Crippen LogP contribution in [0.5, 0.6) is 0 Å². The Balaban J connectivity index is 2.20. The molecule has 0 heterocycles. The highest BCUT2D eigenvalue weighted by atomic mass is 15.1. The van der Waals surface area contributed by atoms with Crippen molar-refractivity contribution in [1.29, 1.82) is 0 Å². The van der Waals surface area contributed by atoms with Crippen molar-refractivity contribution in [1.82, 2.24) is 4.90 Å². The summed E-state index contributed by atoms with van der Waals surface area (Å²) in [5.74, 6) is 1.00. The molecule has 0 aromatic heterocycles. The van der Waals surface area contributed by atoms with Crippen LogP contribution in [0.2, 0.25) is 0 Å². The largest absolute Gasteiger partial charge is 0.328 e. The summed E-state index contributed by atoms with van der Waals surface area (Å²) in [7, 11) is 2.26. The van der Waals surface area contributed by atoms with E-state index in [1.54, 1.807) is 0 Å². The van der Waals surface area contributed by atoms with Crippen molar-refractivity contribution >= 4 is 0 Å². The van der Waals surface area contributed by atoms with Gasteiger partial charge in [-0.05, 0) is 58.5 Å².